The van der Waals surface area contributed by atoms with E-state index in [9.17, 15) is 5.11 Å². The Bertz CT molecular complexity index is 1140. The summed E-state index contributed by atoms with van der Waals surface area (Å²) in [5.74, 6) is 0.784. The van der Waals surface area contributed by atoms with Crippen LogP contribution >= 0.6 is 0 Å². The summed E-state index contributed by atoms with van der Waals surface area (Å²) >= 11 is 0. The average Bonchev–Trinajstić information content (AvgIpc) is 2.95. The fourth-order valence-corrected chi connectivity index (χ4v) is 5.01. The zero-order valence-electron chi connectivity index (χ0n) is 20.6. The SMILES string of the molecule is O[C@H](COc1ccc(-c2ccccc2)cc1)CN1CCN(C(c2ccccc2)c2ccccc2)CC1. The van der Waals surface area contributed by atoms with Crippen molar-refractivity contribution in [1.29, 1.82) is 0 Å². The van der Waals surface area contributed by atoms with E-state index in [-0.39, 0.29) is 6.04 Å². The molecule has 0 saturated carbocycles. The number of β-amino-alcohol motifs (C(OH)–C–C–N with tert-alkyl or cyclic N) is 1. The first kappa shape index (κ1) is 24.3. The van der Waals surface area contributed by atoms with Crippen molar-refractivity contribution in [2.24, 2.45) is 0 Å². The van der Waals surface area contributed by atoms with Crippen molar-refractivity contribution in [1.82, 2.24) is 9.80 Å². The zero-order chi connectivity index (χ0) is 24.6. The summed E-state index contributed by atoms with van der Waals surface area (Å²) in [6.45, 7) is 4.70. The Morgan fingerprint density at radius 1 is 0.611 bits per heavy atom. The van der Waals surface area contributed by atoms with E-state index in [1.807, 2.05) is 30.3 Å². The molecule has 0 unspecified atom stereocenters. The summed E-state index contributed by atoms with van der Waals surface area (Å²) in [7, 11) is 0. The fraction of sp³-hybridized carbons (Fsp3) is 0.250. The summed E-state index contributed by atoms with van der Waals surface area (Å²) < 4.78 is 5.89. The quantitative estimate of drug-likeness (QED) is 0.345. The number of rotatable bonds is 9. The lowest BCUT2D eigenvalue weighted by Crippen LogP contribution is -2.50. The van der Waals surface area contributed by atoms with Crippen molar-refractivity contribution in [3.8, 4) is 16.9 Å². The number of hydrogen-bond acceptors (Lipinski definition) is 4. The molecule has 0 aromatic heterocycles. The monoisotopic (exact) mass is 478 g/mol. The number of hydrogen-bond donors (Lipinski definition) is 1. The van der Waals surface area contributed by atoms with Crippen LogP contribution in [0.2, 0.25) is 0 Å². The Balaban J connectivity index is 1.12. The predicted molar refractivity (Wildman–Crippen MR) is 146 cm³/mol. The summed E-state index contributed by atoms with van der Waals surface area (Å²) in [6, 6.07) is 40.1. The topological polar surface area (TPSA) is 35.9 Å². The van der Waals surface area contributed by atoms with Gasteiger partial charge in [-0.2, -0.15) is 0 Å². The first-order valence-electron chi connectivity index (χ1n) is 12.8. The van der Waals surface area contributed by atoms with Crippen LogP contribution in [0.4, 0.5) is 0 Å². The molecule has 1 fully saturated rings. The summed E-state index contributed by atoms with van der Waals surface area (Å²) in [6.07, 6.45) is -0.524. The maximum Gasteiger partial charge on any atom is 0.119 e. The molecule has 4 nitrogen and oxygen atoms in total. The molecule has 1 N–H and O–H groups in total. The third-order valence-corrected chi connectivity index (χ3v) is 6.88. The second-order valence-corrected chi connectivity index (χ2v) is 9.42. The van der Waals surface area contributed by atoms with E-state index in [1.165, 1.54) is 16.7 Å². The number of ether oxygens (including phenoxy) is 1. The van der Waals surface area contributed by atoms with Crippen molar-refractivity contribution in [2.45, 2.75) is 12.1 Å². The second kappa shape index (κ2) is 12.0. The van der Waals surface area contributed by atoms with Gasteiger partial charge in [-0.15, -0.1) is 0 Å². The number of piperazine rings is 1. The van der Waals surface area contributed by atoms with Crippen LogP contribution in [0.3, 0.4) is 0 Å². The first-order chi connectivity index (χ1) is 17.8. The van der Waals surface area contributed by atoms with E-state index >= 15 is 0 Å². The van der Waals surface area contributed by atoms with Crippen molar-refractivity contribution in [2.75, 3.05) is 39.3 Å². The summed E-state index contributed by atoms with van der Waals surface area (Å²) in [4.78, 5) is 4.90. The molecule has 0 bridgehead atoms. The largest absolute Gasteiger partial charge is 0.491 e. The van der Waals surface area contributed by atoms with E-state index in [1.54, 1.807) is 0 Å². The lowest BCUT2D eigenvalue weighted by Gasteiger charge is -2.40. The van der Waals surface area contributed by atoms with Crippen LogP contribution in [0.15, 0.2) is 115 Å². The lowest BCUT2D eigenvalue weighted by molar-refractivity contribution is 0.0401. The maximum absolute atomic E-state index is 10.6. The van der Waals surface area contributed by atoms with Crippen LogP contribution in [-0.2, 0) is 0 Å². The van der Waals surface area contributed by atoms with Gasteiger partial charge in [-0.25, -0.2) is 0 Å². The smallest absolute Gasteiger partial charge is 0.119 e. The number of benzene rings is 4. The molecule has 1 aliphatic rings. The van der Waals surface area contributed by atoms with Crippen LogP contribution in [0.25, 0.3) is 11.1 Å². The molecular formula is C32H34N2O2. The average molecular weight is 479 g/mol. The standard InChI is InChI=1S/C32H34N2O2/c35-30(25-36-31-18-16-27(17-19-31)26-10-4-1-5-11-26)24-33-20-22-34(23-21-33)32(28-12-6-2-7-13-28)29-14-8-3-9-15-29/h1-19,30,32,35H,20-25H2/t30-/m0/s1. The molecule has 0 radical (unpaired) electrons. The van der Waals surface area contributed by atoms with Gasteiger partial charge >= 0.3 is 0 Å². The Kier molecular flexibility index (Phi) is 8.09. The Hall–Kier alpha value is -3.44. The molecule has 4 aromatic carbocycles. The van der Waals surface area contributed by atoms with Gasteiger partial charge in [0.15, 0.2) is 0 Å². The van der Waals surface area contributed by atoms with Crippen LogP contribution in [0, 0.1) is 0 Å². The highest BCUT2D eigenvalue weighted by Crippen LogP contribution is 2.29. The molecule has 36 heavy (non-hydrogen) atoms. The Morgan fingerprint density at radius 3 is 1.67 bits per heavy atom. The van der Waals surface area contributed by atoms with Crippen molar-refractivity contribution < 1.29 is 9.84 Å². The maximum atomic E-state index is 10.6. The molecule has 0 spiro atoms. The van der Waals surface area contributed by atoms with Gasteiger partial charge in [0.05, 0.1) is 6.04 Å². The molecule has 1 saturated heterocycles. The van der Waals surface area contributed by atoms with E-state index in [4.69, 9.17) is 4.74 Å². The minimum Gasteiger partial charge on any atom is -0.491 e. The molecule has 4 heteroatoms. The Labute approximate surface area is 214 Å². The lowest BCUT2D eigenvalue weighted by atomic mass is 9.96. The molecule has 0 amide bonds. The van der Waals surface area contributed by atoms with Gasteiger partial charge in [0.2, 0.25) is 0 Å². The molecule has 0 aliphatic carbocycles. The van der Waals surface area contributed by atoms with Gasteiger partial charge in [0, 0.05) is 32.7 Å². The number of nitrogens with zero attached hydrogens (tertiary/aromatic N) is 2. The minimum absolute atomic E-state index is 0.252. The summed E-state index contributed by atoms with van der Waals surface area (Å²) in [5, 5.41) is 10.6. The van der Waals surface area contributed by atoms with Crippen molar-refractivity contribution in [3.05, 3.63) is 126 Å². The van der Waals surface area contributed by atoms with E-state index in [2.05, 4.69) is 94.7 Å². The molecule has 1 atom stereocenters. The molecular weight excluding hydrogens is 444 g/mol. The fourth-order valence-electron chi connectivity index (χ4n) is 5.01. The first-order valence-corrected chi connectivity index (χ1v) is 12.8. The third-order valence-electron chi connectivity index (χ3n) is 6.88. The Morgan fingerprint density at radius 2 is 1.11 bits per heavy atom. The van der Waals surface area contributed by atoms with Gasteiger partial charge in [0.1, 0.15) is 18.5 Å². The zero-order valence-corrected chi connectivity index (χ0v) is 20.6. The minimum atomic E-state index is -0.524. The van der Waals surface area contributed by atoms with E-state index in [0.29, 0.717) is 13.2 Å². The molecule has 4 aromatic rings. The number of aliphatic hydroxyl groups excluding tert-OH is 1. The van der Waals surface area contributed by atoms with Crippen molar-refractivity contribution >= 4 is 0 Å². The normalized spacial score (nSPS) is 15.6. The van der Waals surface area contributed by atoms with Gasteiger partial charge in [-0.3, -0.25) is 9.80 Å². The van der Waals surface area contributed by atoms with E-state index < -0.39 is 6.10 Å². The molecule has 1 aliphatic heterocycles. The third kappa shape index (κ3) is 6.21. The summed E-state index contributed by atoms with van der Waals surface area (Å²) in [5.41, 5.74) is 4.99. The highest BCUT2D eigenvalue weighted by Gasteiger charge is 2.27. The molecule has 1 heterocycles. The van der Waals surface area contributed by atoms with Gasteiger partial charge in [-0.05, 0) is 34.4 Å². The van der Waals surface area contributed by atoms with Crippen LogP contribution in [0.1, 0.15) is 17.2 Å². The highest BCUT2D eigenvalue weighted by atomic mass is 16.5. The van der Waals surface area contributed by atoms with E-state index in [0.717, 1.165) is 37.5 Å². The highest BCUT2D eigenvalue weighted by molar-refractivity contribution is 5.63. The van der Waals surface area contributed by atoms with Gasteiger partial charge < -0.3 is 9.84 Å². The number of aliphatic hydroxyl groups is 1. The van der Waals surface area contributed by atoms with Crippen LogP contribution in [0.5, 0.6) is 5.75 Å². The second-order valence-electron chi connectivity index (χ2n) is 9.42. The van der Waals surface area contributed by atoms with Crippen LogP contribution in [-0.4, -0.2) is 60.3 Å². The van der Waals surface area contributed by atoms with Crippen molar-refractivity contribution in [3.63, 3.8) is 0 Å². The molecule has 184 valence electrons. The van der Waals surface area contributed by atoms with Crippen LogP contribution < -0.4 is 4.74 Å². The van der Waals surface area contributed by atoms with Gasteiger partial charge in [-0.1, -0.05) is 103 Å². The predicted octanol–water partition coefficient (Wildman–Crippen LogP) is 5.50. The van der Waals surface area contributed by atoms with Gasteiger partial charge in [0.25, 0.3) is 0 Å². The molecule has 5 rings (SSSR count).